The second kappa shape index (κ2) is 3.63. The standard InChI is InChI=1S/C13H12ClNO/c14-12-10-6-8(7-16)4-5-11(10)15-13(12)9-2-1-3-9/h4-7,9,15H,1-3H2. The minimum atomic E-state index is 0.583. The maximum absolute atomic E-state index is 10.7. The van der Waals surface area contributed by atoms with E-state index in [-0.39, 0.29) is 0 Å². The highest BCUT2D eigenvalue weighted by atomic mass is 35.5. The van der Waals surface area contributed by atoms with Crippen LogP contribution in [-0.4, -0.2) is 11.3 Å². The third-order valence-corrected chi connectivity index (χ3v) is 3.84. The molecular weight excluding hydrogens is 222 g/mol. The molecule has 1 aromatic carbocycles. The highest BCUT2D eigenvalue weighted by molar-refractivity contribution is 6.36. The molecule has 1 fully saturated rings. The summed E-state index contributed by atoms with van der Waals surface area (Å²) in [5.41, 5.74) is 2.84. The van der Waals surface area contributed by atoms with Crippen LogP contribution < -0.4 is 0 Å². The van der Waals surface area contributed by atoms with Crippen molar-refractivity contribution in [1.82, 2.24) is 4.98 Å². The zero-order chi connectivity index (χ0) is 11.1. The second-order valence-electron chi connectivity index (χ2n) is 4.40. The summed E-state index contributed by atoms with van der Waals surface area (Å²) in [4.78, 5) is 14.1. The fraction of sp³-hybridized carbons (Fsp3) is 0.308. The summed E-state index contributed by atoms with van der Waals surface area (Å²) in [6, 6.07) is 5.59. The van der Waals surface area contributed by atoms with Crippen molar-refractivity contribution in [1.29, 1.82) is 0 Å². The minimum Gasteiger partial charge on any atom is -0.357 e. The molecule has 3 heteroatoms. The van der Waals surface area contributed by atoms with E-state index < -0.39 is 0 Å². The fourth-order valence-electron chi connectivity index (χ4n) is 2.25. The first-order valence-electron chi connectivity index (χ1n) is 5.56. The van der Waals surface area contributed by atoms with Gasteiger partial charge in [-0.3, -0.25) is 4.79 Å². The quantitative estimate of drug-likeness (QED) is 0.784. The van der Waals surface area contributed by atoms with Gasteiger partial charge in [0.05, 0.1) is 5.02 Å². The molecule has 0 atom stereocenters. The highest BCUT2D eigenvalue weighted by Crippen LogP contribution is 2.41. The van der Waals surface area contributed by atoms with Crippen molar-refractivity contribution >= 4 is 28.8 Å². The number of carbonyl (C=O) groups excluding carboxylic acids is 1. The van der Waals surface area contributed by atoms with Crippen LogP contribution in [0, 0.1) is 0 Å². The molecule has 3 rings (SSSR count). The normalized spacial score (nSPS) is 16.3. The minimum absolute atomic E-state index is 0.583. The van der Waals surface area contributed by atoms with Crippen LogP contribution in [0.15, 0.2) is 18.2 Å². The molecule has 1 aromatic heterocycles. The summed E-state index contributed by atoms with van der Waals surface area (Å²) >= 11 is 6.35. The molecule has 0 aliphatic heterocycles. The number of rotatable bonds is 2. The van der Waals surface area contributed by atoms with Crippen molar-refractivity contribution in [3.63, 3.8) is 0 Å². The van der Waals surface area contributed by atoms with E-state index in [1.54, 1.807) is 0 Å². The largest absolute Gasteiger partial charge is 0.357 e. The van der Waals surface area contributed by atoms with Crippen LogP contribution in [0.25, 0.3) is 10.9 Å². The third kappa shape index (κ3) is 1.37. The Morgan fingerprint density at radius 1 is 1.38 bits per heavy atom. The van der Waals surface area contributed by atoms with Gasteiger partial charge in [-0.15, -0.1) is 0 Å². The molecule has 0 radical (unpaired) electrons. The topological polar surface area (TPSA) is 32.9 Å². The van der Waals surface area contributed by atoms with Crippen molar-refractivity contribution in [2.75, 3.05) is 0 Å². The average Bonchev–Trinajstić information content (AvgIpc) is 2.54. The molecule has 2 nitrogen and oxygen atoms in total. The van der Waals surface area contributed by atoms with E-state index in [0.29, 0.717) is 11.5 Å². The summed E-state index contributed by atoms with van der Waals surface area (Å²) in [5, 5.41) is 1.76. The second-order valence-corrected chi connectivity index (χ2v) is 4.78. The third-order valence-electron chi connectivity index (χ3n) is 3.44. The van der Waals surface area contributed by atoms with E-state index in [1.165, 1.54) is 19.3 Å². The van der Waals surface area contributed by atoms with Crippen molar-refractivity contribution < 1.29 is 4.79 Å². The van der Waals surface area contributed by atoms with Crippen LogP contribution in [0.2, 0.25) is 5.02 Å². The SMILES string of the molecule is O=Cc1ccc2[nH]c(C3CCC3)c(Cl)c2c1. The predicted molar refractivity (Wildman–Crippen MR) is 65.3 cm³/mol. The van der Waals surface area contributed by atoms with E-state index in [0.717, 1.165) is 27.9 Å². The fourth-order valence-corrected chi connectivity index (χ4v) is 2.61. The van der Waals surface area contributed by atoms with Crippen molar-refractivity contribution in [2.45, 2.75) is 25.2 Å². The summed E-state index contributed by atoms with van der Waals surface area (Å²) in [6.45, 7) is 0. The molecule has 1 saturated carbocycles. The van der Waals surface area contributed by atoms with E-state index in [4.69, 9.17) is 11.6 Å². The van der Waals surface area contributed by atoms with E-state index in [2.05, 4.69) is 4.98 Å². The number of aromatic amines is 1. The number of aldehydes is 1. The summed E-state index contributed by atoms with van der Waals surface area (Å²) in [5.74, 6) is 0.583. The Morgan fingerprint density at radius 2 is 2.19 bits per heavy atom. The van der Waals surface area contributed by atoms with Crippen molar-refractivity contribution in [2.24, 2.45) is 0 Å². The molecule has 1 aliphatic carbocycles. The van der Waals surface area contributed by atoms with Crippen LogP contribution in [0.1, 0.15) is 41.2 Å². The molecule has 2 aromatic rings. The number of hydrogen-bond acceptors (Lipinski definition) is 1. The Kier molecular flexibility index (Phi) is 2.25. The predicted octanol–water partition coefficient (Wildman–Crippen LogP) is 3.90. The first-order chi connectivity index (χ1) is 7.79. The van der Waals surface area contributed by atoms with Crippen molar-refractivity contribution in [3.05, 3.63) is 34.5 Å². The number of carbonyl (C=O) groups is 1. The van der Waals surface area contributed by atoms with Gasteiger partial charge in [0.1, 0.15) is 6.29 Å². The molecule has 0 spiro atoms. The van der Waals surface area contributed by atoms with Crippen LogP contribution in [-0.2, 0) is 0 Å². The van der Waals surface area contributed by atoms with Crippen molar-refractivity contribution in [3.8, 4) is 0 Å². The molecule has 1 aliphatic rings. The van der Waals surface area contributed by atoms with Gasteiger partial charge < -0.3 is 4.98 Å². The number of aromatic nitrogens is 1. The van der Waals surface area contributed by atoms with Gasteiger partial charge in [-0.25, -0.2) is 0 Å². The Bertz CT molecular complexity index is 554. The molecule has 0 bridgehead atoms. The lowest BCUT2D eigenvalue weighted by atomic mass is 9.83. The Labute approximate surface area is 98.6 Å². The summed E-state index contributed by atoms with van der Waals surface area (Å²) < 4.78 is 0. The van der Waals surface area contributed by atoms with E-state index in [9.17, 15) is 4.79 Å². The van der Waals surface area contributed by atoms with Crippen LogP contribution in [0.5, 0.6) is 0 Å². The molecule has 1 N–H and O–H groups in total. The number of hydrogen-bond donors (Lipinski definition) is 1. The van der Waals surface area contributed by atoms with Gasteiger partial charge in [0.25, 0.3) is 0 Å². The van der Waals surface area contributed by atoms with E-state index in [1.807, 2.05) is 18.2 Å². The Hall–Kier alpha value is -1.28. The number of halogens is 1. The molecule has 1 heterocycles. The Balaban J connectivity index is 2.17. The van der Waals surface area contributed by atoms with Gasteiger partial charge >= 0.3 is 0 Å². The number of H-pyrrole nitrogens is 1. The molecule has 16 heavy (non-hydrogen) atoms. The first kappa shape index (κ1) is 9.91. The van der Waals surface area contributed by atoms with Gasteiger partial charge in [-0.2, -0.15) is 0 Å². The van der Waals surface area contributed by atoms with Gasteiger partial charge in [-0.1, -0.05) is 18.0 Å². The lowest BCUT2D eigenvalue weighted by Crippen LogP contribution is -2.09. The highest BCUT2D eigenvalue weighted by Gasteiger charge is 2.24. The Morgan fingerprint density at radius 3 is 2.81 bits per heavy atom. The number of benzene rings is 1. The lowest BCUT2D eigenvalue weighted by Gasteiger charge is -2.24. The molecule has 0 unspecified atom stereocenters. The van der Waals surface area contributed by atoms with Gasteiger partial charge in [0, 0.05) is 28.1 Å². The molecule has 0 saturated heterocycles. The molecular formula is C13H12ClNO. The monoisotopic (exact) mass is 233 g/mol. The lowest BCUT2D eigenvalue weighted by molar-refractivity contribution is 0.112. The summed E-state index contributed by atoms with van der Waals surface area (Å²) in [6.07, 6.45) is 4.57. The zero-order valence-electron chi connectivity index (χ0n) is 8.79. The van der Waals surface area contributed by atoms with Crippen LogP contribution >= 0.6 is 11.6 Å². The number of fused-ring (bicyclic) bond motifs is 1. The molecule has 0 amide bonds. The van der Waals surface area contributed by atoms with Gasteiger partial charge in [0.2, 0.25) is 0 Å². The average molecular weight is 234 g/mol. The maximum Gasteiger partial charge on any atom is 0.150 e. The van der Waals surface area contributed by atoms with E-state index >= 15 is 0 Å². The van der Waals surface area contributed by atoms with Gasteiger partial charge in [-0.05, 0) is 31.0 Å². The summed E-state index contributed by atoms with van der Waals surface area (Å²) in [7, 11) is 0. The maximum atomic E-state index is 10.7. The van der Waals surface area contributed by atoms with Gasteiger partial charge in [0.15, 0.2) is 0 Å². The molecule has 82 valence electrons. The van der Waals surface area contributed by atoms with Crippen LogP contribution in [0.3, 0.4) is 0 Å². The van der Waals surface area contributed by atoms with Crippen LogP contribution in [0.4, 0.5) is 0 Å². The first-order valence-corrected chi connectivity index (χ1v) is 5.93. The number of nitrogens with one attached hydrogen (secondary N) is 1. The zero-order valence-corrected chi connectivity index (χ0v) is 9.55. The smallest absolute Gasteiger partial charge is 0.150 e.